The van der Waals surface area contributed by atoms with Crippen LogP contribution < -0.4 is 0 Å². The van der Waals surface area contributed by atoms with E-state index in [9.17, 15) is 24.0 Å². The van der Waals surface area contributed by atoms with Crippen molar-refractivity contribution in [3.63, 3.8) is 0 Å². The number of esters is 5. The van der Waals surface area contributed by atoms with E-state index in [0.717, 1.165) is 25.7 Å². The number of hydrogen-bond acceptors (Lipinski definition) is 10. The largest absolute Gasteiger partial charge is 0.462 e. The summed E-state index contributed by atoms with van der Waals surface area (Å²) < 4.78 is 26.7. The number of carbonyl (C=O) groups excluding carboxylic acids is 5. The van der Waals surface area contributed by atoms with Crippen LogP contribution in [-0.2, 0) is 47.7 Å². The molecule has 0 aromatic heterocycles. The summed E-state index contributed by atoms with van der Waals surface area (Å²) >= 11 is 0. The average Bonchev–Trinajstić information content (AvgIpc) is 3.15. The molecule has 1 aliphatic rings. The van der Waals surface area contributed by atoms with E-state index >= 15 is 0 Å². The minimum atomic E-state index is -1.42. The maximum absolute atomic E-state index is 12.6. The quantitative estimate of drug-likeness (QED) is 0.192. The molecule has 204 valence electrons. The van der Waals surface area contributed by atoms with Crippen LogP contribution in [0.3, 0.4) is 0 Å². The van der Waals surface area contributed by atoms with Crippen molar-refractivity contribution < 1.29 is 47.7 Å². The van der Waals surface area contributed by atoms with Gasteiger partial charge in [-0.05, 0) is 25.7 Å². The van der Waals surface area contributed by atoms with Crippen LogP contribution in [0.15, 0.2) is 11.5 Å². The Morgan fingerprint density at radius 3 is 1.72 bits per heavy atom. The molecule has 36 heavy (non-hydrogen) atoms. The molecule has 0 aromatic rings. The lowest BCUT2D eigenvalue weighted by atomic mass is 10.1. The number of cyclic esters (lactones) is 1. The van der Waals surface area contributed by atoms with Gasteiger partial charge in [-0.25, -0.2) is 4.79 Å². The van der Waals surface area contributed by atoms with Crippen molar-refractivity contribution >= 4 is 29.8 Å². The van der Waals surface area contributed by atoms with Crippen molar-refractivity contribution in [1.29, 1.82) is 0 Å². The Hall–Kier alpha value is -2.91. The summed E-state index contributed by atoms with van der Waals surface area (Å²) in [6.07, 6.45) is 2.98. The molecule has 0 N–H and O–H groups in total. The number of ether oxygens (including phenoxy) is 5. The van der Waals surface area contributed by atoms with Gasteiger partial charge in [-0.1, -0.05) is 53.4 Å². The standard InChI is InChI=1S/C26H40O10/c1-5-9-13-19(27)32-17-18(33-20(28)14-10-6-2)23-24(34-21(29)15-11-7-3)25(26(31)36-23)35-22(30)16-12-8-4/h18,23H,5-17H2,1-4H3/t18-,23+/m0/s1. The molecule has 10 nitrogen and oxygen atoms in total. The van der Waals surface area contributed by atoms with E-state index in [1.54, 1.807) is 0 Å². The van der Waals surface area contributed by atoms with E-state index in [4.69, 9.17) is 23.7 Å². The number of unbranched alkanes of at least 4 members (excludes halogenated alkanes) is 4. The van der Waals surface area contributed by atoms with Gasteiger partial charge in [0.05, 0.1) is 0 Å². The third-order valence-corrected chi connectivity index (χ3v) is 5.31. The molecule has 0 bridgehead atoms. The molecule has 10 heteroatoms. The summed E-state index contributed by atoms with van der Waals surface area (Å²) in [5.41, 5.74) is 0. The van der Waals surface area contributed by atoms with E-state index in [-0.39, 0.29) is 31.4 Å². The molecule has 1 aliphatic heterocycles. The van der Waals surface area contributed by atoms with Gasteiger partial charge in [0.1, 0.15) is 6.61 Å². The lowest BCUT2D eigenvalue weighted by molar-refractivity contribution is -0.172. The van der Waals surface area contributed by atoms with Crippen LogP contribution in [0.5, 0.6) is 0 Å². The Morgan fingerprint density at radius 1 is 0.722 bits per heavy atom. The lowest BCUT2D eigenvalue weighted by Gasteiger charge is -2.24. The van der Waals surface area contributed by atoms with Gasteiger partial charge in [0.15, 0.2) is 6.10 Å². The van der Waals surface area contributed by atoms with Gasteiger partial charge in [-0.2, -0.15) is 0 Å². The van der Waals surface area contributed by atoms with Crippen LogP contribution in [0.1, 0.15) is 105 Å². The van der Waals surface area contributed by atoms with Crippen LogP contribution >= 0.6 is 0 Å². The number of carbonyl (C=O) groups is 5. The van der Waals surface area contributed by atoms with Gasteiger partial charge in [0.25, 0.3) is 5.76 Å². The SMILES string of the molecule is CCCCC(=O)OC[C@H](OC(=O)CCCC)[C@H]1OC(=O)C(OC(=O)CCCC)=C1OC(=O)CCCC. The number of rotatable bonds is 18. The van der Waals surface area contributed by atoms with Gasteiger partial charge in [-0.3, -0.25) is 19.2 Å². The molecule has 2 atom stereocenters. The molecule has 0 saturated heterocycles. The molecular weight excluding hydrogens is 472 g/mol. The van der Waals surface area contributed by atoms with E-state index in [1.807, 2.05) is 27.7 Å². The third-order valence-electron chi connectivity index (χ3n) is 5.31. The Balaban J connectivity index is 3.23. The molecule has 0 saturated carbocycles. The van der Waals surface area contributed by atoms with Gasteiger partial charge in [0, 0.05) is 25.7 Å². The van der Waals surface area contributed by atoms with E-state index in [2.05, 4.69) is 0 Å². The average molecular weight is 513 g/mol. The highest BCUT2D eigenvalue weighted by molar-refractivity contribution is 5.93. The fourth-order valence-corrected chi connectivity index (χ4v) is 3.17. The van der Waals surface area contributed by atoms with Gasteiger partial charge in [0.2, 0.25) is 11.9 Å². The molecule has 0 aromatic carbocycles. The fraction of sp³-hybridized carbons (Fsp3) is 0.731. The van der Waals surface area contributed by atoms with E-state index < -0.39 is 54.4 Å². The molecule has 1 heterocycles. The Morgan fingerprint density at radius 2 is 1.19 bits per heavy atom. The maximum atomic E-state index is 12.6. The van der Waals surface area contributed by atoms with E-state index in [0.29, 0.717) is 25.7 Å². The zero-order chi connectivity index (χ0) is 26.9. The first kappa shape index (κ1) is 31.1. The summed E-state index contributed by atoms with van der Waals surface area (Å²) in [7, 11) is 0. The lowest BCUT2D eigenvalue weighted by Crippen LogP contribution is -2.38. The van der Waals surface area contributed by atoms with Crippen molar-refractivity contribution in [3.05, 3.63) is 11.5 Å². The van der Waals surface area contributed by atoms with Crippen molar-refractivity contribution in [1.82, 2.24) is 0 Å². The second-order valence-electron chi connectivity index (χ2n) is 8.59. The minimum Gasteiger partial charge on any atom is -0.462 e. The summed E-state index contributed by atoms with van der Waals surface area (Å²) in [5, 5.41) is 0. The summed E-state index contributed by atoms with van der Waals surface area (Å²) in [4.78, 5) is 61.8. The normalized spacial score (nSPS) is 15.8. The van der Waals surface area contributed by atoms with Crippen LogP contribution in [0.4, 0.5) is 0 Å². The Labute approximate surface area is 213 Å². The highest BCUT2D eigenvalue weighted by atomic mass is 16.7. The smallest absolute Gasteiger partial charge is 0.379 e. The van der Waals surface area contributed by atoms with Gasteiger partial charge in [-0.15, -0.1) is 0 Å². The first-order chi connectivity index (χ1) is 17.3. The van der Waals surface area contributed by atoms with Gasteiger partial charge < -0.3 is 23.7 Å². The molecule has 0 aliphatic carbocycles. The topological polar surface area (TPSA) is 132 Å². The summed E-state index contributed by atoms with van der Waals surface area (Å²) in [5.74, 6) is -4.39. The Bertz CT molecular complexity index is 786. The zero-order valence-electron chi connectivity index (χ0n) is 21.9. The van der Waals surface area contributed by atoms with Crippen molar-refractivity contribution in [2.75, 3.05) is 6.61 Å². The zero-order valence-corrected chi connectivity index (χ0v) is 21.9. The third kappa shape index (κ3) is 11.2. The predicted molar refractivity (Wildman–Crippen MR) is 128 cm³/mol. The summed E-state index contributed by atoms with van der Waals surface area (Å²) in [6.45, 7) is 7.21. The van der Waals surface area contributed by atoms with Crippen LogP contribution in [0.2, 0.25) is 0 Å². The molecule has 0 unspecified atom stereocenters. The predicted octanol–water partition coefficient (Wildman–Crippen LogP) is 4.43. The van der Waals surface area contributed by atoms with Crippen LogP contribution in [0, 0.1) is 0 Å². The first-order valence-electron chi connectivity index (χ1n) is 13.0. The van der Waals surface area contributed by atoms with Crippen molar-refractivity contribution in [2.45, 2.75) is 117 Å². The maximum Gasteiger partial charge on any atom is 0.379 e. The molecule has 0 fully saturated rings. The second-order valence-corrected chi connectivity index (χ2v) is 8.59. The number of hydrogen-bond donors (Lipinski definition) is 0. The molecule has 0 spiro atoms. The summed E-state index contributed by atoms with van der Waals surface area (Å²) in [6, 6.07) is 0. The Kier molecular flexibility index (Phi) is 15.1. The highest BCUT2D eigenvalue weighted by Gasteiger charge is 2.46. The van der Waals surface area contributed by atoms with E-state index in [1.165, 1.54) is 0 Å². The van der Waals surface area contributed by atoms with Crippen LogP contribution in [0.25, 0.3) is 0 Å². The monoisotopic (exact) mass is 512 g/mol. The fourth-order valence-electron chi connectivity index (χ4n) is 3.17. The van der Waals surface area contributed by atoms with Crippen LogP contribution in [-0.4, -0.2) is 48.7 Å². The molecular formula is C26H40O10. The minimum absolute atomic E-state index is 0.0550. The first-order valence-corrected chi connectivity index (χ1v) is 13.0. The molecule has 0 amide bonds. The van der Waals surface area contributed by atoms with Gasteiger partial charge >= 0.3 is 29.8 Å². The molecule has 1 rings (SSSR count). The van der Waals surface area contributed by atoms with Crippen molar-refractivity contribution in [2.24, 2.45) is 0 Å². The highest BCUT2D eigenvalue weighted by Crippen LogP contribution is 2.30. The molecule has 0 radical (unpaired) electrons. The second kappa shape index (κ2) is 17.5. The van der Waals surface area contributed by atoms with Crippen molar-refractivity contribution in [3.8, 4) is 0 Å².